The van der Waals surface area contributed by atoms with E-state index < -0.39 is 0 Å². The number of carbonyl (C=O) groups is 1. The quantitative estimate of drug-likeness (QED) is 0.405. The third kappa shape index (κ3) is 5.52. The van der Waals surface area contributed by atoms with Gasteiger partial charge in [0.15, 0.2) is 10.9 Å². The monoisotopic (exact) mass is 482 g/mol. The summed E-state index contributed by atoms with van der Waals surface area (Å²) in [5, 5.41) is 2.07. The minimum Gasteiger partial charge on any atom is -0.491 e. The van der Waals surface area contributed by atoms with Gasteiger partial charge in [0.05, 0.1) is 27.2 Å². The van der Waals surface area contributed by atoms with Gasteiger partial charge in [0.2, 0.25) is 0 Å². The van der Waals surface area contributed by atoms with Crippen molar-refractivity contribution in [3.63, 3.8) is 0 Å². The maximum Gasteiger partial charge on any atom is 0.266 e. The molecule has 30 heavy (non-hydrogen) atoms. The van der Waals surface area contributed by atoms with Gasteiger partial charge in [-0.2, -0.15) is 0 Å². The first-order chi connectivity index (χ1) is 14.3. The SMILES string of the molecule is CCOc1c(Cl)cc(/C=C2\SC(=Nc3ccc(Cl)cc3)N(CC(C)C)C2=O)cc1Cl. The molecule has 0 radical (unpaired) electrons. The molecule has 0 N–H and O–H groups in total. The number of nitrogens with zero attached hydrogens (tertiary/aromatic N) is 2. The van der Waals surface area contributed by atoms with E-state index in [1.807, 2.05) is 19.1 Å². The number of aliphatic imine (C=N–C) groups is 1. The highest BCUT2D eigenvalue weighted by molar-refractivity contribution is 8.18. The number of hydrogen-bond acceptors (Lipinski definition) is 4. The molecule has 0 atom stereocenters. The van der Waals surface area contributed by atoms with Gasteiger partial charge in [0.1, 0.15) is 0 Å². The Hall–Kier alpha value is -1.66. The molecule has 0 unspecified atom stereocenters. The molecule has 2 aromatic carbocycles. The standard InChI is InChI=1S/C22H21Cl3N2O2S/c1-4-29-20-17(24)9-14(10-18(20)25)11-19-21(28)27(12-13(2)3)22(30-19)26-16-7-5-15(23)6-8-16/h5-11,13H,4,12H2,1-3H3/b19-11-,26-22?. The number of rotatable bonds is 6. The highest BCUT2D eigenvalue weighted by Crippen LogP contribution is 2.38. The van der Waals surface area contributed by atoms with E-state index in [-0.39, 0.29) is 5.91 Å². The molecule has 0 saturated carbocycles. The summed E-state index contributed by atoms with van der Waals surface area (Å²) in [6, 6.07) is 10.7. The highest BCUT2D eigenvalue weighted by atomic mass is 35.5. The Labute approximate surface area is 195 Å². The number of carbonyl (C=O) groups excluding carboxylic acids is 1. The van der Waals surface area contributed by atoms with Crippen molar-refractivity contribution >= 4 is 69.4 Å². The minimum atomic E-state index is -0.0949. The molecule has 3 rings (SSSR count). The first-order valence-corrected chi connectivity index (χ1v) is 11.4. The number of hydrogen-bond donors (Lipinski definition) is 0. The third-order valence-corrected chi connectivity index (χ3v) is 5.91. The summed E-state index contributed by atoms with van der Waals surface area (Å²) in [5.41, 5.74) is 1.46. The van der Waals surface area contributed by atoms with Gasteiger partial charge in [-0.25, -0.2) is 4.99 Å². The van der Waals surface area contributed by atoms with Crippen molar-refractivity contribution in [2.24, 2.45) is 10.9 Å². The van der Waals surface area contributed by atoms with Gasteiger partial charge >= 0.3 is 0 Å². The average Bonchev–Trinajstić information content (AvgIpc) is 2.95. The molecule has 2 aromatic rings. The van der Waals surface area contributed by atoms with Crippen molar-refractivity contribution in [1.29, 1.82) is 0 Å². The third-order valence-electron chi connectivity index (χ3n) is 4.09. The van der Waals surface area contributed by atoms with Crippen LogP contribution in [0.15, 0.2) is 46.3 Å². The lowest BCUT2D eigenvalue weighted by molar-refractivity contribution is -0.122. The van der Waals surface area contributed by atoms with Gasteiger partial charge in [-0.3, -0.25) is 9.69 Å². The maximum absolute atomic E-state index is 13.1. The second-order valence-corrected chi connectivity index (χ2v) is 9.30. The molecule has 0 spiro atoms. The number of halogens is 3. The van der Waals surface area contributed by atoms with Gasteiger partial charge < -0.3 is 4.74 Å². The van der Waals surface area contributed by atoms with Gasteiger partial charge in [-0.15, -0.1) is 0 Å². The molecule has 1 fully saturated rings. The molecule has 1 heterocycles. The Kier molecular flexibility index (Phi) is 7.75. The van der Waals surface area contributed by atoms with Gasteiger partial charge in [-0.05, 0) is 72.6 Å². The van der Waals surface area contributed by atoms with E-state index in [4.69, 9.17) is 39.5 Å². The van der Waals surface area contributed by atoms with Crippen LogP contribution < -0.4 is 4.74 Å². The molecule has 158 valence electrons. The lowest BCUT2D eigenvalue weighted by Crippen LogP contribution is -2.32. The van der Waals surface area contributed by atoms with Gasteiger partial charge in [0.25, 0.3) is 5.91 Å². The number of amides is 1. The van der Waals surface area contributed by atoms with Crippen LogP contribution in [-0.2, 0) is 4.79 Å². The van der Waals surface area contributed by atoms with Crippen LogP contribution in [0.5, 0.6) is 5.75 Å². The average molecular weight is 484 g/mol. The van der Waals surface area contributed by atoms with Crippen molar-refractivity contribution in [2.45, 2.75) is 20.8 Å². The van der Waals surface area contributed by atoms with Crippen LogP contribution in [0.25, 0.3) is 6.08 Å². The fourth-order valence-electron chi connectivity index (χ4n) is 2.84. The van der Waals surface area contributed by atoms with Crippen molar-refractivity contribution in [3.05, 3.63) is 61.9 Å². The fourth-order valence-corrected chi connectivity index (χ4v) is 4.59. The molecule has 1 aliphatic rings. The summed E-state index contributed by atoms with van der Waals surface area (Å²) in [7, 11) is 0. The van der Waals surface area contributed by atoms with Crippen LogP contribution in [0.3, 0.4) is 0 Å². The van der Waals surface area contributed by atoms with Crippen LogP contribution in [0.2, 0.25) is 15.1 Å². The van der Waals surface area contributed by atoms with E-state index in [1.54, 1.807) is 35.2 Å². The van der Waals surface area contributed by atoms with Crippen molar-refractivity contribution in [1.82, 2.24) is 4.90 Å². The Morgan fingerprint density at radius 2 is 1.77 bits per heavy atom. The maximum atomic E-state index is 13.1. The number of thioether (sulfide) groups is 1. The second-order valence-electron chi connectivity index (χ2n) is 7.04. The topological polar surface area (TPSA) is 41.9 Å². The normalized spacial score (nSPS) is 16.9. The van der Waals surface area contributed by atoms with Crippen molar-refractivity contribution in [3.8, 4) is 5.75 Å². The van der Waals surface area contributed by atoms with Crippen LogP contribution >= 0.6 is 46.6 Å². The number of ether oxygens (including phenoxy) is 1. The van der Waals surface area contributed by atoms with Crippen LogP contribution in [0.1, 0.15) is 26.3 Å². The molecular weight excluding hydrogens is 463 g/mol. The smallest absolute Gasteiger partial charge is 0.266 e. The molecule has 0 aromatic heterocycles. The minimum absolute atomic E-state index is 0.0949. The zero-order chi connectivity index (χ0) is 21.8. The van der Waals surface area contributed by atoms with E-state index in [9.17, 15) is 4.79 Å². The highest BCUT2D eigenvalue weighted by Gasteiger charge is 2.33. The molecule has 1 saturated heterocycles. The van der Waals surface area contributed by atoms with Crippen LogP contribution in [0.4, 0.5) is 5.69 Å². The molecule has 4 nitrogen and oxygen atoms in total. The largest absolute Gasteiger partial charge is 0.491 e. The lowest BCUT2D eigenvalue weighted by atomic mass is 10.2. The molecule has 1 aliphatic heterocycles. The van der Waals surface area contributed by atoms with E-state index in [1.165, 1.54) is 11.8 Å². The second kappa shape index (κ2) is 10.1. The van der Waals surface area contributed by atoms with E-state index in [0.717, 1.165) is 11.3 Å². The Morgan fingerprint density at radius 3 is 2.33 bits per heavy atom. The summed E-state index contributed by atoms with van der Waals surface area (Å²) >= 11 is 19.9. The van der Waals surface area contributed by atoms with E-state index in [2.05, 4.69) is 18.8 Å². The molecule has 0 bridgehead atoms. The Balaban J connectivity index is 1.96. The molecule has 0 aliphatic carbocycles. The fraction of sp³-hybridized carbons (Fsp3) is 0.273. The van der Waals surface area contributed by atoms with E-state index >= 15 is 0 Å². The lowest BCUT2D eigenvalue weighted by Gasteiger charge is -2.17. The predicted molar refractivity (Wildman–Crippen MR) is 128 cm³/mol. The summed E-state index contributed by atoms with van der Waals surface area (Å²) in [4.78, 5) is 20.0. The number of benzene rings is 2. The predicted octanol–water partition coefficient (Wildman–Crippen LogP) is 7.31. The summed E-state index contributed by atoms with van der Waals surface area (Å²) in [5.74, 6) is 0.640. The zero-order valence-corrected chi connectivity index (χ0v) is 19.9. The van der Waals surface area contributed by atoms with Crippen LogP contribution in [0, 0.1) is 5.92 Å². The number of amidine groups is 1. The molecule has 1 amide bonds. The molecule has 8 heteroatoms. The van der Waals surface area contributed by atoms with Crippen molar-refractivity contribution < 1.29 is 9.53 Å². The first-order valence-electron chi connectivity index (χ1n) is 9.46. The van der Waals surface area contributed by atoms with Crippen LogP contribution in [-0.4, -0.2) is 29.1 Å². The molecular formula is C22H21Cl3N2O2S. The summed E-state index contributed by atoms with van der Waals surface area (Å²) in [6.45, 7) is 7.02. The van der Waals surface area contributed by atoms with Crippen molar-refractivity contribution in [2.75, 3.05) is 13.2 Å². The first kappa shape index (κ1) is 23.0. The summed E-state index contributed by atoms with van der Waals surface area (Å²) < 4.78 is 5.47. The Morgan fingerprint density at radius 1 is 1.13 bits per heavy atom. The van der Waals surface area contributed by atoms with E-state index in [0.29, 0.717) is 50.0 Å². The van der Waals surface area contributed by atoms with Gasteiger partial charge in [0, 0.05) is 11.6 Å². The summed E-state index contributed by atoms with van der Waals surface area (Å²) in [6.07, 6.45) is 1.78. The zero-order valence-electron chi connectivity index (χ0n) is 16.8. The Bertz CT molecular complexity index is 981. The van der Waals surface area contributed by atoms with Gasteiger partial charge in [-0.1, -0.05) is 48.7 Å².